The third-order valence-electron chi connectivity index (χ3n) is 6.37. The van der Waals surface area contributed by atoms with Crippen molar-refractivity contribution in [1.82, 2.24) is 15.3 Å². The van der Waals surface area contributed by atoms with Gasteiger partial charge >= 0.3 is 0 Å². The largest absolute Gasteiger partial charge is 0.455 e. The fourth-order valence-electron chi connectivity index (χ4n) is 4.78. The Morgan fingerprint density at radius 1 is 1.06 bits per heavy atom. The van der Waals surface area contributed by atoms with Gasteiger partial charge in [-0.1, -0.05) is 24.3 Å². The Kier molecular flexibility index (Phi) is 4.70. The molecule has 1 atom stereocenters. The predicted octanol–water partition coefficient (Wildman–Crippen LogP) is 5.52. The molecular weight excluding hydrogens is 386 g/mol. The van der Waals surface area contributed by atoms with Gasteiger partial charge in [0.05, 0.1) is 18.6 Å². The molecule has 0 radical (unpaired) electrons. The number of pyridine rings is 1. The molecule has 1 fully saturated rings. The Hall–Kier alpha value is -3.15. The second-order valence-electron chi connectivity index (χ2n) is 8.34. The molecule has 6 rings (SSSR count). The molecule has 2 aromatic carbocycles. The van der Waals surface area contributed by atoms with Gasteiger partial charge in [-0.3, -0.25) is 0 Å². The Labute approximate surface area is 181 Å². The van der Waals surface area contributed by atoms with E-state index in [0.29, 0.717) is 12.6 Å². The summed E-state index contributed by atoms with van der Waals surface area (Å²) in [7, 11) is 0. The first kappa shape index (κ1) is 18.6. The summed E-state index contributed by atoms with van der Waals surface area (Å²) >= 11 is 0. The molecule has 0 unspecified atom stereocenters. The highest BCUT2D eigenvalue weighted by Gasteiger charge is 2.24. The lowest BCUT2D eigenvalue weighted by molar-refractivity contribution is 0.109. The van der Waals surface area contributed by atoms with Crippen molar-refractivity contribution in [2.75, 3.05) is 13.2 Å². The number of hydrogen-bond acceptors (Lipinski definition) is 4. The molecule has 1 saturated heterocycles. The standard InChI is InChI=1S/C26H25N3O2/c1-2-5-20(6-3-1)31-25-15-29-26-22(25)13-19(14-28-26)18-11-17-8-10-30-16-23(17)21(12-18)24-7-4-9-27-24/h1-3,5-6,11-15,24,27H,4,7-10,16H2,(H,28,29)/t24-/m0/s1. The summed E-state index contributed by atoms with van der Waals surface area (Å²) in [5, 5.41) is 4.66. The van der Waals surface area contributed by atoms with E-state index in [1.54, 1.807) is 0 Å². The Morgan fingerprint density at radius 2 is 2.00 bits per heavy atom. The van der Waals surface area contributed by atoms with Crippen LogP contribution in [0, 0.1) is 0 Å². The summed E-state index contributed by atoms with van der Waals surface area (Å²) in [5.41, 5.74) is 7.32. The van der Waals surface area contributed by atoms with Crippen molar-refractivity contribution in [2.24, 2.45) is 0 Å². The molecule has 2 aromatic heterocycles. The monoisotopic (exact) mass is 411 g/mol. The van der Waals surface area contributed by atoms with Crippen LogP contribution in [0.2, 0.25) is 0 Å². The van der Waals surface area contributed by atoms with Crippen LogP contribution in [0.4, 0.5) is 0 Å². The van der Waals surface area contributed by atoms with Crippen molar-refractivity contribution in [2.45, 2.75) is 31.9 Å². The van der Waals surface area contributed by atoms with E-state index >= 15 is 0 Å². The summed E-state index contributed by atoms with van der Waals surface area (Å²) < 4.78 is 11.9. The molecule has 0 saturated carbocycles. The molecule has 4 heterocycles. The van der Waals surface area contributed by atoms with E-state index < -0.39 is 0 Å². The number of aromatic amines is 1. The molecule has 0 aliphatic carbocycles. The molecule has 5 heteroatoms. The van der Waals surface area contributed by atoms with Crippen LogP contribution in [0.15, 0.2) is 60.9 Å². The molecule has 0 bridgehead atoms. The average Bonchev–Trinajstić information content (AvgIpc) is 3.49. The van der Waals surface area contributed by atoms with Crippen molar-refractivity contribution in [1.29, 1.82) is 0 Å². The van der Waals surface area contributed by atoms with Crippen LogP contribution in [0.1, 0.15) is 35.6 Å². The molecule has 156 valence electrons. The number of benzene rings is 2. The van der Waals surface area contributed by atoms with Crippen molar-refractivity contribution < 1.29 is 9.47 Å². The van der Waals surface area contributed by atoms with E-state index in [1.807, 2.05) is 42.7 Å². The van der Waals surface area contributed by atoms with Crippen molar-refractivity contribution in [3.05, 3.63) is 77.6 Å². The van der Waals surface area contributed by atoms with Crippen molar-refractivity contribution in [3.63, 3.8) is 0 Å². The van der Waals surface area contributed by atoms with Crippen molar-refractivity contribution >= 4 is 11.0 Å². The third-order valence-corrected chi connectivity index (χ3v) is 6.37. The number of rotatable bonds is 4. The van der Waals surface area contributed by atoms with Gasteiger partial charge in [0.2, 0.25) is 0 Å². The highest BCUT2D eigenvalue weighted by Crippen LogP contribution is 2.37. The second-order valence-corrected chi connectivity index (χ2v) is 8.34. The van der Waals surface area contributed by atoms with Gasteiger partial charge in [0.25, 0.3) is 0 Å². The van der Waals surface area contributed by atoms with Crippen LogP contribution in [0.25, 0.3) is 22.2 Å². The van der Waals surface area contributed by atoms with Crippen LogP contribution >= 0.6 is 0 Å². The number of H-pyrrole nitrogens is 1. The number of nitrogens with one attached hydrogen (secondary N) is 2. The molecule has 2 N–H and O–H groups in total. The molecule has 4 aromatic rings. The lowest BCUT2D eigenvalue weighted by Gasteiger charge is -2.24. The Bertz CT molecular complexity index is 1230. The van der Waals surface area contributed by atoms with Crippen molar-refractivity contribution in [3.8, 4) is 22.6 Å². The van der Waals surface area contributed by atoms with E-state index in [4.69, 9.17) is 9.47 Å². The topological polar surface area (TPSA) is 59.2 Å². The summed E-state index contributed by atoms with van der Waals surface area (Å²) in [5.74, 6) is 1.61. The first-order valence-electron chi connectivity index (χ1n) is 11.0. The van der Waals surface area contributed by atoms with Gasteiger partial charge in [0.1, 0.15) is 11.4 Å². The van der Waals surface area contributed by atoms with Crippen LogP contribution in [-0.2, 0) is 17.8 Å². The Balaban J connectivity index is 1.43. The lowest BCUT2D eigenvalue weighted by Crippen LogP contribution is -2.19. The van der Waals surface area contributed by atoms with Gasteiger partial charge < -0.3 is 19.8 Å². The normalized spacial score (nSPS) is 18.3. The van der Waals surface area contributed by atoms with E-state index in [1.165, 1.54) is 35.1 Å². The van der Waals surface area contributed by atoms with Gasteiger partial charge in [0.15, 0.2) is 5.75 Å². The highest BCUT2D eigenvalue weighted by molar-refractivity contribution is 5.87. The zero-order valence-corrected chi connectivity index (χ0v) is 17.4. The minimum Gasteiger partial charge on any atom is -0.455 e. The number of nitrogens with zero attached hydrogens (tertiary/aromatic N) is 1. The van der Waals surface area contributed by atoms with Gasteiger partial charge in [-0.25, -0.2) is 4.98 Å². The summed E-state index contributed by atoms with van der Waals surface area (Å²) in [6.45, 7) is 2.59. The van der Waals surface area contributed by atoms with Crippen LogP contribution in [0.3, 0.4) is 0 Å². The number of fused-ring (bicyclic) bond motifs is 2. The second kappa shape index (κ2) is 7.84. The lowest BCUT2D eigenvalue weighted by atomic mass is 9.88. The third kappa shape index (κ3) is 3.50. The SMILES string of the molecule is c1ccc(Oc2c[nH]c3ncc(-c4cc5c(c([C@@H]6CCCN6)c4)COCC5)cc23)cc1. The maximum atomic E-state index is 6.12. The predicted molar refractivity (Wildman–Crippen MR) is 121 cm³/mol. The quantitative estimate of drug-likeness (QED) is 0.464. The first-order chi connectivity index (χ1) is 15.3. The molecule has 2 aliphatic rings. The van der Waals surface area contributed by atoms with Gasteiger partial charge in [-0.15, -0.1) is 0 Å². The maximum Gasteiger partial charge on any atom is 0.154 e. The molecular formula is C26H25N3O2. The van der Waals surface area contributed by atoms with Gasteiger partial charge in [0, 0.05) is 24.0 Å². The van der Waals surface area contributed by atoms with Crippen LogP contribution in [0.5, 0.6) is 11.5 Å². The van der Waals surface area contributed by atoms with E-state index in [0.717, 1.165) is 47.7 Å². The zero-order chi connectivity index (χ0) is 20.6. The fraction of sp³-hybridized carbons (Fsp3) is 0.269. The zero-order valence-electron chi connectivity index (χ0n) is 17.4. The minimum atomic E-state index is 0.413. The molecule has 0 spiro atoms. The number of para-hydroxylation sites is 1. The number of aromatic nitrogens is 2. The molecule has 2 aliphatic heterocycles. The smallest absolute Gasteiger partial charge is 0.154 e. The summed E-state index contributed by atoms with van der Waals surface area (Å²) in [6, 6.07) is 17.1. The first-order valence-corrected chi connectivity index (χ1v) is 11.0. The van der Waals surface area contributed by atoms with Gasteiger partial charge in [-0.2, -0.15) is 0 Å². The summed E-state index contributed by atoms with van der Waals surface area (Å²) in [6.07, 6.45) is 7.21. The maximum absolute atomic E-state index is 6.12. The highest BCUT2D eigenvalue weighted by atomic mass is 16.5. The molecule has 31 heavy (non-hydrogen) atoms. The average molecular weight is 412 g/mol. The van der Waals surface area contributed by atoms with E-state index in [-0.39, 0.29) is 0 Å². The minimum absolute atomic E-state index is 0.413. The Morgan fingerprint density at radius 3 is 2.87 bits per heavy atom. The van der Waals surface area contributed by atoms with Gasteiger partial charge in [-0.05, 0) is 72.3 Å². The number of hydrogen-bond donors (Lipinski definition) is 2. The van der Waals surface area contributed by atoms with Crippen LogP contribution < -0.4 is 10.1 Å². The molecule has 0 amide bonds. The summed E-state index contributed by atoms with van der Waals surface area (Å²) in [4.78, 5) is 7.91. The van der Waals surface area contributed by atoms with E-state index in [9.17, 15) is 0 Å². The number of ether oxygens (including phenoxy) is 2. The van der Waals surface area contributed by atoms with E-state index in [2.05, 4.69) is 33.5 Å². The fourth-order valence-corrected chi connectivity index (χ4v) is 4.78. The molecule has 5 nitrogen and oxygen atoms in total. The van der Waals surface area contributed by atoms with Crippen LogP contribution in [-0.4, -0.2) is 23.1 Å².